The summed E-state index contributed by atoms with van der Waals surface area (Å²) < 4.78 is 11.2. The molecule has 0 bridgehead atoms. The van der Waals surface area contributed by atoms with Gasteiger partial charge in [0.05, 0.1) is 23.6 Å². The molecule has 5 rings (SSSR count). The standard InChI is InChI=1S/C29H28N4O6/c1-18-15-19(22-5-2-3-6-25(22)30-18)17-39-21-10-8-20(9-11-21)31-27(34)23-12-13-33(16-24(23)28(35)32-37)29(36)26-7-4-14-38-26/h2-11,14-15,23-24,37H,12-13,16-17H2,1H3,(H,31,34)(H,32,35)/t23?,24-/m0/s1. The maximum absolute atomic E-state index is 13.1. The third-order valence-electron chi connectivity index (χ3n) is 6.86. The molecule has 2 aromatic carbocycles. The number of para-hydroxylation sites is 1. The maximum Gasteiger partial charge on any atom is 0.289 e. The smallest absolute Gasteiger partial charge is 0.289 e. The van der Waals surface area contributed by atoms with Crippen LogP contribution in [0.25, 0.3) is 10.9 Å². The number of hydrogen-bond acceptors (Lipinski definition) is 7. The van der Waals surface area contributed by atoms with Crippen LogP contribution in [0.3, 0.4) is 0 Å². The van der Waals surface area contributed by atoms with Crippen molar-refractivity contribution < 1.29 is 28.7 Å². The average Bonchev–Trinajstić information content (AvgIpc) is 3.50. The largest absolute Gasteiger partial charge is 0.489 e. The quantitative estimate of drug-likeness (QED) is 0.244. The van der Waals surface area contributed by atoms with Gasteiger partial charge in [0.1, 0.15) is 12.4 Å². The molecule has 2 aromatic heterocycles. The molecule has 0 spiro atoms. The average molecular weight is 529 g/mol. The minimum atomic E-state index is -0.927. The zero-order chi connectivity index (χ0) is 27.4. The van der Waals surface area contributed by atoms with Gasteiger partial charge in [0.25, 0.3) is 5.91 Å². The van der Waals surface area contributed by atoms with E-state index in [9.17, 15) is 19.6 Å². The van der Waals surface area contributed by atoms with Gasteiger partial charge in [0.15, 0.2) is 5.76 Å². The number of carbonyl (C=O) groups excluding carboxylic acids is 3. The summed E-state index contributed by atoms with van der Waals surface area (Å²) in [6, 6.07) is 20.0. The van der Waals surface area contributed by atoms with Gasteiger partial charge in [-0.1, -0.05) is 18.2 Å². The van der Waals surface area contributed by atoms with Crippen molar-refractivity contribution in [3.05, 3.63) is 90.0 Å². The fourth-order valence-electron chi connectivity index (χ4n) is 4.90. The molecule has 0 radical (unpaired) electrons. The van der Waals surface area contributed by atoms with Gasteiger partial charge in [0.2, 0.25) is 11.8 Å². The molecule has 3 amide bonds. The molecule has 1 unspecified atom stereocenters. The number of rotatable bonds is 7. The van der Waals surface area contributed by atoms with E-state index in [1.54, 1.807) is 35.8 Å². The number of nitrogens with zero attached hydrogens (tertiary/aromatic N) is 2. The van der Waals surface area contributed by atoms with Crippen LogP contribution in [-0.4, -0.2) is 45.9 Å². The minimum absolute atomic E-state index is 0.0278. The SMILES string of the molecule is Cc1cc(COc2ccc(NC(=O)C3CCN(C(=O)c4ccco4)C[C@@H]3C(=O)NO)cc2)c2ccccc2n1. The Morgan fingerprint density at radius 1 is 1.05 bits per heavy atom. The van der Waals surface area contributed by atoms with E-state index in [1.807, 2.05) is 37.3 Å². The van der Waals surface area contributed by atoms with E-state index in [0.29, 0.717) is 18.0 Å². The van der Waals surface area contributed by atoms with Crippen molar-refractivity contribution in [2.24, 2.45) is 11.8 Å². The van der Waals surface area contributed by atoms with Gasteiger partial charge in [0, 0.05) is 35.4 Å². The van der Waals surface area contributed by atoms with Gasteiger partial charge in [-0.3, -0.25) is 24.6 Å². The van der Waals surface area contributed by atoms with Crippen LogP contribution in [0, 0.1) is 18.8 Å². The first-order valence-electron chi connectivity index (χ1n) is 12.6. The Kier molecular flexibility index (Phi) is 7.55. The van der Waals surface area contributed by atoms with Crippen LogP contribution in [-0.2, 0) is 16.2 Å². The molecule has 200 valence electrons. The van der Waals surface area contributed by atoms with Crippen molar-refractivity contribution in [1.29, 1.82) is 0 Å². The molecule has 10 heteroatoms. The lowest BCUT2D eigenvalue weighted by atomic mass is 9.84. The molecule has 3 heterocycles. The third-order valence-corrected chi connectivity index (χ3v) is 6.86. The van der Waals surface area contributed by atoms with Crippen LogP contribution in [0.2, 0.25) is 0 Å². The van der Waals surface area contributed by atoms with Crippen LogP contribution < -0.4 is 15.5 Å². The van der Waals surface area contributed by atoms with E-state index < -0.39 is 17.7 Å². The number of aryl methyl sites for hydroxylation is 1. The van der Waals surface area contributed by atoms with Gasteiger partial charge >= 0.3 is 0 Å². The highest BCUT2D eigenvalue weighted by molar-refractivity contribution is 5.97. The zero-order valence-electron chi connectivity index (χ0n) is 21.3. The maximum atomic E-state index is 13.1. The van der Waals surface area contributed by atoms with Crippen LogP contribution in [0.5, 0.6) is 5.75 Å². The number of nitrogens with one attached hydrogen (secondary N) is 2. The van der Waals surface area contributed by atoms with Gasteiger partial charge in [-0.15, -0.1) is 0 Å². The van der Waals surface area contributed by atoms with E-state index >= 15 is 0 Å². The molecule has 0 aliphatic carbocycles. The first-order chi connectivity index (χ1) is 18.9. The van der Waals surface area contributed by atoms with E-state index in [1.165, 1.54) is 17.2 Å². The van der Waals surface area contributed by atoms with Crippen molar-refractivity contribution in [3.63, 3.8) is 0 Å². The number of furan rings is 1. The van der Waals surface area contributed by atoms with Crippen LogP contribution >= 0.6 is 0 Å². The Labute approximate surface area is 224 Å². The fourth-order valence-corrected chi connectivity index (χ4v) is 4.90. The van der Waals surface area contributed by atoms with E-state index in [0.717, 1.165) is 22.2 Å². The van der Waals surface area contributed by atoms with Crippen LogP contribution in [0.1, 0.15) is 28.2 Å². The monoisotopic (exact) mass is 528 g/mol. The summed E-state index contributed by atoms with van der Waals surface area (Å²) in [4.78, 5) is 44.2. The lowest BCUT2D eigenvalue weighted by Gasteiger charge is -2.36. The molecule has 0 saturated carbocycles. The zero-order valence-corrected chi connectivity index (χ0v) is 21.3. The predicted octanol–water partition coefficient (Wildman–Crippen LogP) is 3.94. The summed E-state index contributed by atoms with van der Waals surface area (Å²) in [7, 11) is 0. The molecule has 39 heavy (non-hydrogen) atoms. The number of ether oxygens (including phenoxy) is 1. The minimum Gasteiger partial charge on any atom is -0.489 e. The number of piperidine rings is 1. The fraction of sp³-hybridized carbons (Fsp3) is 0.241. The molecule has 1 aliphatic heterocycles. The summed E-state index contributed by atoms with van der Waals surface area (Å²) in [5.41, 5.74) is 5.02. The summed E-state index contributed by atoms with van der Waals surface area (Å²) >= 11 is 0. The number of hydroxylamine groups is 1. The topological polar surface area (TPSA) is 134 Å². The van der Waals surface area contributed by atoms with Crippen LogP contribution in [0.15, 0.2) is 77.4 Å². The second-order valence-electron chi connectivity index (χ2n) is 9.45. The number of fused-ring (bicyclic) bond motifs is 1. The molecular weight excluding hydrogens is 500 g/mol. The molecule has 1 fully saturated rings. The number of hydrogen-bond donors (Lipinski definition) is 3. The van der Waals surface area contributed by atoms with Gasteiger partial charge in [-0.2, -0.15) is 0 Å². The second kappa shape index (κ2) is 11.4. The lowest BCUT2D eigenvalue weighted by Crippen LogP contribution is -2.51. The third kappa shape index (κ3) is 5.75. The number of benzene rings is 2. The summed E-state index contributed by atoms with van der Waals surface area (Å²) in [5, 5.41) is 13.1. The Balaban J connectivity index is 1.22. The Hall–Kier alpha value is -4.70. The second-order valence-corrected chi connectivity index (χ2v) is 9.45. The number of pyridine rings is 1. The first kappa shape index (κ1) is 25.9. The van der Waals surface area contributed by atoms with Gasteiger partial charge in [-0.25, -0.2) is 5.48 Å². The normalized spacial score (nSPS) is 17.0. The molecule has 2 atom stereocenters. The molecule has 1 aliphatic rings. The van der Waals surface area contributed by atoms with E-state index in [4.69, 9.17) is 9.15 Å². The predicted molar refractivity (Wildman–Crippen MR) is 142 cm³/mol. The Morgan fingerprint density at radius 2 is 1.85 bits per heavy atom. The van der Waals surface area contributed by atoms with Gasteiger partial charge in [-0.05, 0) is 61.9 Å². The number of amides is 3. The van der Waals surface area contributed by atoms with Crippen LogP contribution in [0.4, 0.5) is 5.69 Å². The Bertz CT molecular complexity index is 1490. The van der Waals surface area contributed by atoms with Crippen molar-refractivity contribution >= 4 is 34.3 Å². The summed E-state index contributed by atoms with van der Waals surface area (Å²) in [5.74, 6) is -2.36. The molecular formula is C29H28N4O6. The summed E-state index contributed by atoms with van der Waals surface area (Å²) in [6.45, 7) is 2.55. The highest BCUT2D eigenvalue weighted by atomic mass is 16.5. The highest BCUT2D eigenvalue weighted by Crippen LogP contribution is 2.28. The highest BCUT2D eigenvalue weighted by Gasteiger charge is 2.40. The molecule has 10 nitrogen and oxygen atoms in total. The van der Waals surface area contributed by atoms with Crippen molar-refractivity contribution in [3.8, 4) is 5.75 Å². The lowest BCUT2D eigenvalue weighted by molar-refractivity contribution is -0.141. The molecule has 1 saturated heterocycles. The first-order valence-corrected chi connectivity index (χ1v) is 12.6. The van der Waals surface area contributed by atoms with E-state index in [2.05, 4.69) is 10.3 Å². The van der Waals surface area contributed by atoms with Gasteiger partial charge < -0.3 is 19.4 Å². The van der Waals surface area contributed by atoms with E-state index in [-0.39, 0.29) is 37.1 Å². The summed E-state index contributed by atoms with van der Waals surface area (Å²) in [6.07, 6.45) is 1.64. The molecule has 4 aromatic rings. The van der Waals surface area contributed by atoms with Crippen molar-refractivity contribution in [1.82, 2.24) is 15.4 Å². The number of anilines is 1. The van der Waals surface area contributed by atoms with Crippen molar-refractivity contribution in [2.45, 2.75) is 20.0 Å². The Morgan fingerprint density at radius 3 is 2.59 bits per heavy atom. The number of aromatic nitrogens is 1. The van der Waals surface area contributed by atoms with Crippen molar-refractivity contribution in [2.75, 3.05) is 18.4 Å². The molecule has 3 N–H and O–H groups in total. The number of carbonyl (C=O) groups is 3. The number of likely N-dealkylation sites (tertiary alicyclic amines) is 1.